The maximum atomic E-state index is 11.9. The first-order valence-electron chi connectivity index (χ1n) is 5.58. The maximum Gasteiger partial charge on any atom is 0.319 e. The van der Waals surface area contributed by atoms with Crippen LogP contribution in [0, 0.1) is 0 Å². The molecule has 3 nitrogen and oxygen atoms in total. The third-order valence-electron chi connectivity index (χ3n) is 2.64. The molecular weight excluding hydrogens is 226 g/mol. The van der Waals surface area contributed by atoms with Crippen LogP contribution in [0.4, 0.5) is 19.3 Å². The van der Waals surface area contributed by atoms with E-state index in [1.165, 1.54) is 0 Å². The van der Waals surface area contributed by atoms with E-state index in [1.807, 2.05) is 18.2 Å². The third-order valence-corrected chi connectivity index (χ3v) is 2.64. The van der Waals surface area contributed by atoms with Gasteiger partial charge in [-0.15, -0.1) is 0 Å². The van der Waals surface area contributed by atoms with Gasteiger partial charge in [-0.05, 0) is 30.4 Å². The molecule has 2 N–H and O–H groups in total. The monoisotopic (exact) mass is 240 g/mol. The molecule has 1 aromatic carbocycles. The summed E-state index contributed by atoms with van der Waals surface area (Å²) in [5.41, 5.74) is 1.79. The van der Waals surface area contributed by atoms with Gasteiger partial charge in [-0.1, -0.05) is 18.2 Å². The summed E-state index contributed by atoms with van der Waals surface area (Å²) in [4.78, 5) is 11.4. The minimum Gasteiger partial charge on any atom is -0.332 e. The van der Waals surface area contributed by atoms with Gasteiger partial charge in [0.05, 0.1) is 6.54 Å². The van der Waals surface area contributed by atoms with E-state index in [4.69, 9.17) is 0 Å². The van der Waals surface area contributed by atoms with Crippen LogP contribution in [0.15, 0.2) is 24.3 Å². The first kappa shape index (κ1) is 11.8. The summed E-state index contributed by atoms with van der Waals surface area (Å²) in [7, 11) is 0. The third kappa shape index (κ3) is 3.41. The van der Waals surface area contributed by atoms with Crippen molar-refractivity contribution >= 4 is 11.7 Å². The van der Waals surface area contributed by atoms with Crippen LogP contribution in [0.2, 0.25) is 0 Å². The average molecular weight is 240 g/mol. The van der Waals surface area contributed by atoms with Crippen LogP contribution >= 0.6 is 0 Å². The summed E-state index contributed by atoms with van der Waals surface area (Å²) in [5.74, 6) is 0.501. The fourth-order valence-electron chi connectivity index (χ4n) is 1.70. The fourth-order valence-corrected chi connectivity index (χ4v) is 1.70. The minimum atomic E-state index is -2.53. The molecule has 0 spiro atoms. The van der Waals surface area contributed by atoms with Gasteiger partial charge >= 0.3 is 6.03 Å². The Kier molecular flexibility index (Phi) is 3.56. The molecule has 1 aliphatic rings. The van der Waals surface area contributed by atoms with Gasteiger partial charge in [0.2, 0.25) is 0 Å². The Morgan fingerprint density at radius 2 is 2.06 bits per heavy atom. The van der Waals surface area contributed by atoms with Crippen molar-refractivity contribution in [3.05, 3.63) is 29.8 Å². The highest BCUT2D eigenvalue weighted by Gasteiger charge is 2.26. The molecule has 1 saturated carbocycles. The Balaban J connectivity index is 1.95. The van der Waals surface area contributed by atoms with Gasteiger partial charge in [0.25, 0.3) is 6.43 Å². The predicted octanol–water partition coefficient (Wildman–Crippen LogP) is 2.95. The number of anilines is 1. The van der Waals surface area contributed by atoms with Gasteiger partial charge in [-0.3, -0.25) is 0 Å². The number of amides is 2. The van der Waals surface area contributed by atoms with Crippen LogP contribution in [-0.2, 0) is 0 Å². The Morgan fingerprint density at radius 1 is 1.35 bits per heavy atom. The Labute approximate surface area is 98.2 Å². The molecule has 0 aromatic heterocycles. The number of halogens is 2. The molecule has 0 aliphatic heterocycles. The summed E-state index contributed by atoms with van der Waals surface area (Å²) in [6, 6.07) is 6.89. The number of urea groups is 1. The largest absolute Gasteiger partial charge is 0.332 e. The van der Waals surface area contributed by atoms with E-state index in [0.29, 0.717) is 11.6 Å². The van der Waals surface area contributed by atoms with Gasteiger partial charge in [-0.25, -0.2) is 13.6 Å². The summed E-state index contributed by atoms with van der Waals surface area (Å²) in [6.07, 6.45) is -0.284. The molecule has 0 bridgehead atoms. The number of nitrogens with one attached hydrogen (secondary N) is 2. The molecule has 2 amide bonds. The van der Waals surface area contributed by atoms with Crippen molar-refractivity contribution in [3.8, 4) is 0 Å². The number of hydrogen-bond acceptors (Lipinski definition) is 1. The number of para-hydroxylation sites is 1. The molecule has 1 aromatic rings. The van der Waals surface area contributed by atoms with Crippen molar-refractivity contribution in [3.63, 3.8) is 0 Å². The van der Waals surface area contributed by atoms with Crippen molar-refractivity contribution in [2.45, 2.75) is 25.2 Å². The first-order chi connectivity index (χ1) is 8.16. The highest BCUT2D eigenvalue weighted by atomic mass is 19.3. The van der Waals surface area contributed by atoms with Crippen molar-refractivity contribution in [1.29, 1.82) is 0 Å². The molecule has 0 radical (unpaired) electrons. The molecule has 0 atom stereocenters. The fraction of sp³-hybridized carbons (Fsp3) is 0.417. The molecule has 0 unspecified atom stereocenters. The molecule has 92 valence electrons. The molecular formula is C12H14F2N2O. The molecule has 5 heteroatoms. The Morgan fingerprint density at radius 3 is 2.71 bits per heavy atom. The van der Waals surface area contributed by atoms with Gasteiger partial charge in [-0.2, -0.15) is 0 Å². The van der Waals surface area contributed by atoms with Gasteiger partial charge in [0, 0.05) is 5.69 Å². The van der Waals surface area contributed by atoms with Crippen LogP contribution in [0.5, 0.6) is 0 Å². The molecule has 2 rings (SSSR count). The van der Waals surface area contributed by atoms with Crippen molar-refractivity contribution in [2.75, 3.05) is 11.9 Å². The van der Waals surface area contributed by atoms with Crippen LogP contribution in [0.25, 0.3) is 0 Å². The van der Waals surface area contributed by atoms with Crippen molar-refractivity contribution in [2.24, 2.45) is 0 Å². The lowest BCUT2D eigenvalue weighted by atomic mass is 10.1. The molecule has 0 saturated heterocycles. The number of carbonyl (C=O) groups is 1. The van der Waals surface area contributed by atoms with E-state index in [0.717, 1.165) is 18.4 Å². The molecule has 17 heavy (non-hydrogen) atoms. The SMILES string of the molecule is O=C(NCC(F)F)Nc1ccccc1C1CC1. The molecule has 1 aliphatic carbocycles. The van der Waals surface area contributed by atoms with Crippen LogP contribution < -0.4 is 10.6 Å². The smallest absolute Gasteiger partial charge is 0.319 e. The van der Waals surface area contributed by atoms with Crippen molar-refractivity contribution < 1.29 is 13.6 Å². The zero-order valence-corrected chi connectivity index (χ0v) is 9.25. The maximum absolute atomic E-state index is 11.9. The molecule has 0 heterocycles. The summed E-state index contributed by atoms with van der Waals surface area (Å²) in [5, 5.41) is 4.72. The quantitative estimate of drug-likeness (QED) is 0.834. The zero-order chi connectivity index (χ0) is 12.3. The highest BCUT2D eigenvalue weighted by Crippen LogP contribution is 2.43. The van der Waals surface area contributed by atoms with E-state index >= 15 is 0 Å². The van der Waals surface area contributed by atoms with E-state index in [9.17, 15) is 13.6 Å². The Hall–Kier alpha value is -1.65. The molecule has 1 fully saturated rings. The van der Waals surface area contributed by atoms with E-state index in [-0.39, 0.29) is 0 Å². The Bertz CT molecular complexity index is 405. The number of alkyl halides is 2. The lowest BCUT2D eigenvalue weighted by Gasteiger charge is -2.11. The average Bonchev–Trinajstić information content (AvgIpc) is 3.11. The number of hydrogen-bond donors (Lipinski definition) is 2. The van der Waals surface area contributed by atoms with E-state index < -0.39 is 19.0 Å². The zero-order valence-electron chi connectivity index (χ0n) is 9.25. The normalized spacial score (nSPS) is 14.8. The number of rotatable bonds is 4. The van der Waals surface area contributed by atoms with E-state index in [1.54, 1.807) is 6.07 Å². The first-order valence-corrected chi connectivity index (χ1v) is 5.58. The number of carbonyl (C=O) groups excluding carboxylic acids is 1. The van der Waals surface area contributed by atoms with E-state index in [2.05, 4.69) is 10.6 Å². The standard InChI is InChI=1S/C12H14F2N2O/c13-11(14)7-15-12(17)16-10-4-2-1-3-9(10)8-5-6-8/h1-4,8,11H,5-7H2,(H2,15,16,17). The second kappa shape index (κ2) is 5.12. The lowest BCUT2D eigenvalue weighted by Crippen LogP contribution is -2.32. The van der Waals surface area contributed by atoms with Gasteiger partial charge in [0.15, 0.2) is 0 Å². The van der Waals surface area contributed by atoms with Crippen LogP contribution in [-0.4, -0.2) is 19.0 Å². The van der Waals surface area contributed by atoms with Crippen LogP contribution in [0.1, 0.15) is 24.3 Å². The second-order valence-corrected chi connectivity index (χ2v) is 4.09. The van der Waals surface area contributed by atoms with Crippen molar-refractivity contribution in [1.82, 2.24) is 5.32 Å². The highest BCUT2D eigenvalue weighted by molar-refractivity contribution is 5.90. The summed E-state index contributed by atoms with van der Waals surface area (Å²) in [6.45, 7) is -0.628. The van der Waals surface area contributed by atoms with Gasteiger partial charge in [0.1, 0.15) is 0 Å². The predicted molar refractivity (Wildman–Crippen MR) is 61.4 cm³/mol. The van der Waals surface area contributed by atoms with Crippen LogP contribution in [0.3, 0.4) is 0 Å². The second-order valence-electron chi connectivity index (χ2n) is 4.09. The van der Waals surface area contributed by atoms with Gasteiger partial charge < -0.3 is 10.6 Å². The lowest BCUT2D eigenvalue weighted by molar-refractivity contribution is 0.148. The number of benzene rings is 1. The minimum absolute atomic E-state index is 0.501. The summed E-state index contributed by atoms with van der Waals surface area (Å²) < 4.78 is 23.8. The summed E-state index contributed by atoms with van der Waals surface area (Å²) >= 11 is 0. The topological polar surface area (TPSA) is 41.1 Å².